The Labute approximate surface area is 204 Å². The number of benzene rings is 4. The highest BCUT2D eigenvalue weighted by atomic mass is 15.2. The van der Waals surface area contributed by atoms with Gasteiger partial charge in [0.2, 0.25) is 0 Å². The largest absolute Gasteiger partial charge is 0.308 e. The summed E-state index contributed by atoms with van der Waals surface area (Å²) in [7, 11) is 0. The van der Waals surface area contributed by atoms with Crippen LogP contribution in [-0.2, 0) is 25.7 Å². The van der Waals surface area contributed by atoms with Crippen molar-refractivity contribution in [3.63, 3.8) is 0 Å². The molecule has 4 aromatic carbocycles. The van der Waals surface area contributed by atoms with Gasteiger partial charge in [0.1, 0.15) is 0 Å². The molecule has 0 atom stereocenters. The molecule has 0 radical (unpaired) electrons. The number of nitrogens with zero attached hydrogens (tertiary/aromatic N) is 2. The smallest absolute Gasteiger partial charge is 0.0688 e. The van der Waals surface area contributed by atoms with E-state index in [2.05, 4.69) is 83.8 Å². The topological polar surface area (TPSA) is 16.1 Å². The second-order valence-electron chi connectivity index (χ2n) is 10.4. The number of pyridine rings is 1. The summed E-state index contributed by atoms with van der Waals surface area (Å²) in [6, 6.07) is 29.7. The van der Waals surface area contributed by atoms with E-state index in [1.54, 1.807) is 0 Å². The quantitative estimate of drug-likeness (QED) is 0.240. The summed E-state index contributed by atoms with van der Waals surface area (Å²) >= 11 is 0. The van der Waals surface area contributed by atoms with Gasteiger partial charge >= 0.3 is 0 Å². The van der Waals surface area contributed by atoms with Crippen LogP contribution in [0.25, 0.3) is 22.3 Å². The molecule has 0 bridgehead atoms. The SMILES string of the molecule is c1ccc2c(c1)Cc1cc3c(cc1-2)-c1c(cc2c4c1Cc1ccccc1N4c1cccnc1C2)C3. The van der Waals surface area contributed by atoms with E-state index in [9.17, 15) is 0 Å². The van der Waals surface area contributed by atoms with Crippen LogP contribution < -0.4 is 4.90 Å². The molecule has 3 heterocycles. The number of fused-ring (bicyclic) bond motifs is 11. The molecule has 0 spiro atoms. The van der Waals surface area contributed by atoms with Crippen molar-refractivity contribution >= 4 is 17.1 Å². The normalized spacial score (nSPS) is 14.9. The molecule has 2 heteroatoms. The molecule has 0 saturated carbocycles. The molecule has 1 aromatic heterocycles. The molecular weight excluding hydrogens is 424 g/mol. The van der Waals surface area contributed by atoms with Gasteiger partial charge in [-0.1, -0.05) is 54.6 Å². The lowest BCUT2D eigenvalue weighted by Crippen LogP contribution is -2.25. The highest BCUT2D eigenvalue weighted by molar-refractivity contribution is 5.96. The molecule has 5 aromatic rings. The van der Waals surface area contributed by atoms with Crippen LogP contribution in [0.2, 0.25) is 0 Å². The first kappa shape index (κ1) is 18.2. The first-order valence-corrected chi connectivity index (χ1v) is 12.6. The molecule has 0 amide bonds. The zero-order valence-electron chi connectivity index (χ0n) is 19.3. The van der Waals surface area contributed by atoms with Crippen molar-refractivity contribution in [2.24, 2.45) is 0 Å². The summed E-state index contributed by atoms with van der Waals surface area (Å²) < 4.78 is 0. The van der Waals surface area contributed by atoms with Gasteiger partial charge in [0.15, 0.2) is 0 Å². The second-order valence-corrected chi connectivity index (χ2v) is 10.4. The van der Waals surface area contributed by atoms with E-state index in [0.29, 0.717) is 0 Å². The fraction of sp³-hybridized carbons (Fsp3) is 0.121. The summed E-state index contributed by atoms with van der Waals surface area (Å²) in [4.78, 5) is 7.29. The van der Waals surface area contributed by atoms with Crippen LogP contribution in [0.5, 0.6) is 0 Å². The lowest BCUT2D eigenvalue weighted by Gasteiger charge is -2.40. The highest BCUT2D eigenvalue weighted by Gasteiger charge is 2.37. The summed E-state index contributed by atoms with van der Waals surface area (Å²) in [6.45, 7) is 0. The molecule has 0 saturated heterocycles. The van der Waals surface area contributed by atoms with E-state index in [0.717, 1.165) is 25.7 Å². The van der Waals surface area contributed by atoms with Crippen molar-refractivity contribution in [1.82, 2.24) is 4.98 Å². The molecule has 2 aliphatic carbocycles. The summed E-state index contributed by atoms with van der Waals surface area (Å²) in [5.41, 5.74) is 21.1. The third kappa shape index (κ3) is 2.27. The lowest BCUT2D eigenvalue weighted by atomic mass is 9.83. The van der Waals surface area contributed by atoms with Crippen LogP contribution in [0.4, 0.5) is 17.1 Å². The van der Waals surface area contributed by atoms with Crippen LogP contribution in [0.3, 0.4) is 0 Å². The fourth-order valence-corrected chi connectivity index (χ4v) is 7.13. The van der Waals surface area contributed by atoms with Crippen LogP contribution in [0.1, 0.15) is 44.6 Å². The lowest BCUT2D eigenvalue weighted by molar-refractivity contribution is 0.968. The number of rotatable bonds is 0. The highest BCUT2D eigenvalue weighted by Crippen LogP contribution is 2.55. The summed E-state index contributed by atoms with van der Waals surface area (Å²) in [5, 5.41) is 0. The van der Waals surface area contributed by atoms with Crippen molar-refractivity contribution in [2.75, 3.05) is 4.90 Å². The molecular formula is C33H22N2. The summed E-state index contributed by atoms with van der Waals surface area (Å²) in [6.07, 6.45) is 5.92. The fourth-order valence-electron chi connectivity index (χ4n) is 7.13. The minimum atomic E-state index is 0.907. The maximum Gasteiger partial charge on any atom is 0.0688 e. The molecule has 2 nitrogen and oxygen atoms in total. The molecule has 4 aliphatic rings. The van der Waals surface area contributed by atoms with Gasteiger partial charge < -0.3 is 4.90 Å². The van der Waals surface area contributed by atoms with Gasteiger partial charge in [0.25, 0.3) is 0 Å². The zero-order valence-corrected chi connectivity index (χ0v) is 19.3. The van der Waals surface area contributed by atoms with Gasteiger partial charge in [-0.25, -0.2) is 0 Å². The first-order chi connectivity index (χ1) is 17.3. The molecule has 2 aliphatic heterocycles. The van der Waals surface area contributed by atoms with Crippen molar-refractivity contribution in [3.05, 3.63) is 130 Å². The Morgan fingerprint density at radius 1 is 0.543 bits per heavy atom. The van der Waals surface area contributed by atoms with Gasteiger partial charge in [-0.15, -0.1) is 0 Å². The number of aromatic nitrogens is 1. The van der Waals surface area contributed by atoms with Crippen molar-refractivity contribution < 1.29 is 0 Å². The van der Waals surface area contributed by atoms with Crippen molar-refractivity contribution in [3.8, 4) is 22.3 Å². The zero-order chi connectivity index (χ0) is 22.7. The van der Waals surface area contributed by atoms with E-state index in [1.807, 2.05) is 6.20 Å². The van der Waals surface area contributed by atoms with Crippen LogP contribution in [-0.4, -0.2) is 4.98 Å². The van der Waals surface area contributed by atoms with Gasteiger partial charge in [-0.3, -0.25) is 4.98 Å². The van der Waals surface area contributed by atoms with E-state index >= 15 is 0 Å². The average molecular weight is 447 g/mol. The third-order valence-electron chi connectivity index (χ3n) is 8.52. The Morgan fingerprint density at radius 3 is 2.29 bits per heavy atom. The molecule has 164 valence electrons. The average Bonchev–Trinajstić information content (AvgIpc) is 3.44. The Kier molecular flexibility index (Phi) is 3.27. The van der Waals surface area contributed by atoms with Crippen LogP contribution in [0.15, 0.2) is 85.1 Å². The Balaban J connectivity index is 1.33. The molecule has 0 unspecified atom stereocenters. The maximum atomic E-state index is 4.80. The van der Waals surface area contributed by atoms with Gasteiger partial charge in [-0.2, -0.15) is 0 Å². The second kappa shape index (κ2) is 6.28. The van der Waals surface area contributed by atoms with Crippen LogP contribution in [0, 0.1) is 0 Å². The van der Waals surface area contributed by atoms with Gasteiger partial charge in [0, 0.05) is 24.7 Å². The molecule has 0 N–H and O–H groups in total. The standard InChI is InChI=1S/C33H22N2/c1-3-8-25-19(6-1)12-21-13-22-14-23-15-24-17-29-31(10-5-11-34-29)35-30-9-4-2-7-20(30)16-28(33(24)35)32(23)27(22)18-26(21)25/h1-11,13,15,18H,12,14,16-17H2. The number of anilines is 3. The predicted octanol–water partition coefficient (Wildman–Crippen LogP) is 7.50. The molecule has 9 rings (SSSR count). The summed E-state index contributed by atoms with van der Waals surface area (Å²) in [5.74, 6) is 0. The monoisotopic (exact) mass is 446 g/mol. The van der Waals surface area contributed by atoms with E-state index < -0.39 is 0 Å². The van der Waals surface area contributed by atoms with Gasteiger partial charge in [0.05, 0.1) is 17.1 Å². The van der Waals surface area contributed by atoms with E-state index in [-0.39, 0.29) is 0 Å². The van der Waals surface area contributed by atoms with E-state index in [1.165, 1.54) is 84.0 Å². The Morgan fingerprint density at radius 2 is 1.31 bits per heavy atom. The van der Waals surface area contributed by atoms with Crippen molar-refractivity contribution in [1.29, 1.82) is 0 Å². The van der Waals surface area contributed by atoms with Crippen LogP contribution >= 0.6 is 0 Å². The number of hydrogen-bond donors (Lipinski definition) is 0. The minimum absolute atomic E-state index is 0.907. The third-order valence-corrected chi connectivity index (χ3v) is 8.52. The molecule has 35 heavy (non-hydrogen) atoms. The molecule has 0 fully saturated rings. The Bertz CT molecular complexity index is 1750. The van der Waals surface area contributed by atoms with Crippen molar-refractivity contribution in [2.45, 2.75) is 25.7 Å². The number of para-hydroxylation sites is 1. The minimum Gasteiger partial charge on any atom is -0.308 e. The van der Waals surface area contributed by atoms with E-state index in [4.69, 9.17) is 4.98 Å². The Hall–Kier alpha value is -4.17. The predicted molar refractivity (Wildman–Crippen MR) is 141 cm³/mol. The first-order valence-electron chi connectivity index (χ1n) is 12.6. The van der Waals surface area contributed by atoms with Gasteiger partial charge in [-0.05, 0) is 98.3 Å². The number of hydrogen-bond acceptors (Lipinski definition) is 2. The maximum absolute atomic E-state index is 4.80.